The van der Waals surface area contributed by atoms with E-state index >= 15 is 0 Å². The van der Waals surface area contributed by atoms with Crippen LogP contribution in [0, 0.1) is 0 Å². The Bertz CT molecular complexity index is 642. The number of nitrogens with one attached hydrogen (secondary N) is 2. The first-order valence-corrected chi connectivity index (χ1v) is 9.45. The van der Waals surface area contributed by atoms with E-state index in [4.69, 9.17) is 0 Å². The second-order valence-electron chi connectivity index (χ2n) is 6.96. The highest BCUT2D eigenvalue weighted by Gasteiger charge is 2.45. The molecule has 0 saturated carbocycles. The van der Waals surface area contributed by atoms with Gasteiger partial charge in [0.2, 0.25) is 0 Å². The van der Waals surface area contributed by atoms with Gasteiger partial charge in [0.1, 0.15) is 0 Å². The Morgan fingerprint density at radius 1 is 1.29 bits per heavy atom. The van der Waals surface area contributed by atoms with Gasteiger partial charge in [0.25, 0.3) is 0 Å². The third-order valence-electron chi connectivity index (χ3n) is 5.63. The summed E-state index contributed by atoms with van der Waals surface area (Å²) < 4.78 is 0. The van der Waals surface area contributed by atoms with Crippen molar-refractivity contribution in [2.75, 3.05) is 32.0 Å². The molecule has 2 saturated heterocycles. The monoisotopic (exact) mass is 349 g/mol. The van der Waals surface area contributed by atoms with Crippen LogP contribution in [0.3, 0.4) is 0 Å². The van der Waals surface area contributed by atoms with Gasteiger partial charge in [0, 0.05) is 31.6 Å². The number of aryl methyl sites for hydroxylation is 2. The quantitative estimate of drug-likeness (QED) is 0.814. The maximum absolute atomic E-state index is 12.5. The number of rotatable bonds is 1. The third-order valence-corrected chi connectivity index (χ3v) is 6.70. The van der Waals surface area contributed by atoms with Gasteiger partial charge in [-0.15, -0.1) is 11.3 Å². The average molecular weight is 349 g/mol. The second-order valence-corrected chi connectivity index (χ2v) is 8.04. The van der Waals surface area contributed by atoms with E-state index < -0.39 is 0 Å². The Morgan fingerprint density at radius 2 is 2.04 bits per heavy atom. The summed E-state index contributed by atoms with van der Waals surface area (Å²) in [5.41, 5.74) is 1.03. The summed E-state index contributed by atoms with van der Waals surface area (Å²) in [5.74, 6) is 0. The molecule has 0 bridgehead atoms. The zero-order chi connectivity index (χ0) is 16.7. The Morgan fingerprint density at radius 3 is 2.71 bits per heavy atom. The molecule has 2 fully saturated rings. The maximum Gasteiger partial charge on any atom is 0.323 e. The highest BCUT2D eigenvalue weighted by molar-refractivity contribution is 7.15. The average Bonchev–Trinajstić information content (AvgIpc) is 3.12. The number of urea groups is 2. The van der Waals surface area contributed by atoms with Gasteiger partial charge >= 0.3 is 12.1 Å². The molecule has 4 amide bonds. The Balaban J connectivity index is 1.36. The second kappa shape index (κ2) is 5.91. The zero-order valence-electron chi connectivity index (χ0n) is 13.9. The van der Waals surface area contributed by atoms with Gasteiger partial charge < -0.3 is 15.1 Å². The number of carbonyl (C=O) groups excluding carboxylic acids is 2. The number of thiazole rings is 1. The number of amides is 4. The fourth-order valence-corrected chi connectivity index (χ4v) is 4.95. The molecule has 24 heavy (non-hydrogen) atoms. The van der Waals surface area contributed by atoms with E-state index in [1.54, 1.807) is 16.2 Å². The molecule has 130 valence electrons. The van der Waals surface area contributed by atoms with Crippen LogP contribution in [0.4, 0.5) is 14.7 Å². The van der Waals surface area contributed by atoms with Crippen LogP contribution in [-0.2, 0) is 12.8 Å². The van der Waals surface area contributed by atoms with Crippen LogP contribution >= 0.6 is 11.3 Å². The molecular formula is C16H23N5O2S. The first kappa shape index (κ1) is 15.7. The van der Waals surface area contributed by atoms with Crippen molar-refractivity contribution in [3.8, 4) is 0 Å². The van der Waals surface area contributed by atoms with Crippen molar-refractivity contribution in [3.63, 3.8) is 0 Å². The molecule has 0 atom stereocenters. The zero-order valence-corrected chi connectivity index (χ0v) is 14.7. The number of likely N-dealkylation sites (tertiary alicyclic amines) is 1. The molecule has 1 spiro atoms. The minimum atomic E-state index is -0.131. The molecule has 8 heteroatoms. The molecule has 1 aromatic heterocycles. The van der Waals surface area contributed by atoms with E-state index in [2.05, 4.69) is 15.6 Å². The summed E-state index contributed by atoms with van der Waals surface area (Å²) in [7, 11) is 1.85. The number of anilines is 1. The van der Waals surface area contributed by atoms with Gasteiger partial charge in [-0.3, -0.25) is 5.32 Å². The van der Waals surface area contributed by atoms with E-state index in [1.165, 1.54) is 17.7 Å². The van der Waals surface area contributed by atoms with Crippen LogP contribution in [0.5, 0.6) is 0 Å². The standard InChI is InChI=1S/C16H23N5O2S/c1-20-14(22)17-10-16(20)6-8-21(9-7-16)15(23)19-13-18-11-4-2-3-5-12(11)24-13/h2-10H2,1H3,(H,17,22)(H,18,19,23). The molecule has 2 aliphatic heterocycles. The lowest BCUT2D eigenvalue weighted by molar-refractivity contribution is 0.106. The third kappa shape index (κ3) is 2.62. The van der Waals surface area contributed by atoms with E-state index in [-0.39, 0.29) is 17.6 Å². The number of nitrogens with zero attached hydrogens (tertiary/aromatic N) is 3. The first-order chi connectivity index (χ1) is 11.6. The lowest BCUT2D eigenvalue weighted by atomic mass is 9.87. The van der Waals surface area contributed by atoms with Gasteiger partial charge in [-0.05, 0) is 38.5 Å². The number of piperidine rings is 1. The summed E-state index contributed by atoms with van der Waals surface area (Å²) in [5, 5.41) is 6.59. The largest absolute Gasteiger partial charge is 0.336 e. The van der Waals surface area contributed by atoms with E-state index in [0.29, 0.717) is 19.6 Å². The molecule has 0 unspecified atom stereocenters. The Hall–Kier alpha value is -1.83. The molecule has 0 aromatic carbocycles. The Labute approximate surface area is 145 Å². The molecule has 3 heterocycles. The molecule has 1 aliphatic carbocycles. The lowest BCUT2D eigenvalue weighted by Gasteiger charge is -2.42. The summed E-state index contributed by atoms with van der Waals surface area (Å²) in [6.45, 7) is 2.00. The number of fused-ring (bicyclic) bond motifs is 1. The predicted molar refractivity (Wildman–Crippen MR) is 92.5 cm³/mol. The van der Waals surface area contributed by atoms with Crippen LogP contribution in [0.1, 0.15) is 36.3 Å². The summed E-state index contributed by atoms with van der Waals surface area (Å²) in [6, 6.07) is -0.0860. The minimum absolute atomic E-state index is 0.0127. The van der Waals surface area contributed by atoms with Crippen LogP contribution in [-0.4, -0.2) is 59.1 Å². The Kier molecular flexibility index (Phi) is 3.86. The normalized spacial score (nSPS) is 22.5. The van der Waals surface area contributed by atoms with E-state index in [1.807, 2.05) is 11.9 Å². The molecule has 3 aliphatic rings. The van der Waals surface area contributed by atoms with Crippen molar-refractivity contribution in [1.82, 2.24) is 20.1 Å². The molecule has 4 rings (SSSR count). The fraction of sp³-hybridized carbons (Fsp3) is 0.688. The van der Waals surface area contributed by atoms with Gasteiger partial charge in [0.15, 0.2) is 5.13 Å². The maximum atomic E-state index is 12.5. The van der Waals surface area contributed by atoms with E-state index in [9.17, 15) is 9.59 Å². The number of aromatic nitrogens is 1. The van der Waals surface area contributed by atoms with Gasteiger partial charge in [-0.2, -0.15) is 0 Å². The van der Waals surface area contributed by atoms with Crippen molar-refractivity contribution in [2.45, 2.75) is 44.1 Å². The molecule has 0 radical (unpaired) electrons. The summed E-state index contributed by atoms with van der Waals surface area (Å²) in [4.78, 5) is 33.8. The summed E-state index contributed by atoms with van der Waals surface area (Å²) in [6.07, 6.45) is 6.15. The van der Waals surface area contributed by atoms with Crippen molar-refractivity contribution in [1.29, 1.82) is 0 Å². The van der Waals surface area contributed by atoms with Crippen LogP contribution < -0.4 is 10.6 Å². The topological polar surface area (TPSA) is 77.6 Å². The number of likely N-dealkylation sites (N-methyl/N-ethyl adjacent to an activating group) is 1. The van der Waals surface area contributed by atoms with Gasteiger partial charge in [0.05, 0.1) is 11.2 Å². The number of carbonyl (C=O) groups is 2. The van der Waals surface area contributed by atoms with Crippen LogP contribution in [0.2, 0.25) is 0 Å². The number of hydrogen-bond donors (Lipinski definition) is 2. The molecular weight excluding hydrogens is 326 g/mol. The van der Waals surface area contributed by atoms with Gasteiger partial charge in [-0.25, -0.2) is 14.6 Å². The SMILES string of the molecule is CN1C(=O)NCC12CCN(C(=O)Nc1nc3c(s1)CCCC3)CC2. The van der Waals surface area contributed by atoms with Crippen molar-refractivity contribution >= 4 is 28.5 Å². The smallest absolute Gasteiger partial charge is 0.323 e. The summed E-state index contributed by atoms with van der Waals surface area (Å²) >= 11 is 1.61. The van der Waals surface area contributed by atoms with Crippen molar-refractivity contribution < 1.29 is 9.59 Å². The molecule has 7 nitrogen and oxygen atoms in total. The minimum Gasteiger partial charge on any atom is -0.336 e. The van der Waals surface area contributed by atoms with Crippen LogP contribution in [0.15, 0.2) is 0 Å². The van der Waals surface area contributed by atoms with E-state index in [0.717, 1.165) is 36.5 Å². The first-order valence-electron chi connectivity index (χ1n) is 8.64. The van der Waals surface area contributed by atoms with Crippen LogP contribution in [0.25, 0.3) is 0 Å². The predicted octanol–water partition coefficient (Wildman–Crippen LogP) is 2.04. The lowest BCUT2D eigenvalue weighted by Crippen LogP contribution is -2.54. The number of hydrogen-bond acceptors (Lipinski definition) is 4. The van der Waals surface area contributed by atoms with Gasteiger partial charge in [-0.1, -0.05) is 0 Å². The molecule has 1 aromatic rings. The fourth-order valence-electron chi connectivity index (χ4n) is 3.91. The molecule has 2 N–H and O–H groups in total. The van der Waals surface area contributed by atoms with Crippen molar-refractivity contribution in [3.05, 3.63) is 10.6 Å². The van der Waals surface area contributed by atoms with Crippen molar-refractivity contribution in [2.24, 2.45) is 0 Å². The highest BCUT2D eigenvalue weighted by Crippen LogP contribution is 2.32. The highest BCUT2D eigenvalue weighted by atomic mass is 32.1.